The van der Waals surface area contributed by atoms with Crippen LogP contribution in [-0.4, -0.2) is 23.7 Å². The van der Waals surface area contributed by atoms with Gasteiger partial charge in [-0.1, -0.05) is 12.8 Å². The molecule has 1 aromatic carbocycles. The molecule has 0 saturated heterocycles. The minimum Gasteiger partial charge on any atom is -0.481 e. The van der Waals surface area contributed by atoms with Gasteiger partial charge in [0, 0.05) is 12.2 Å². The fraction of sp³-hybridized carbons (Fsp3) is 0.429. The number of urea groups is 1. The monoisotopic (exact) mass is 280 g/mol. The van der Waals surface area contributed by atoms with Crippen LogP contribution in [0.15, 0.2) is 24.3 Å². The molecule has 0 atom stereocenters. The first kappa shape index (κ1) is 14.3. The second kappa shape index (κ2) is 5.90. The Kier molecular flexibility index (Phi) is 4.22. The summed E-state index contributed by atoms with van der Waals surface area (Å²) < 4.78 is 12.7. The lowest BCUT2D eigenvalue weighted by Crippen LogP contribution is -2.42. The highest BCUT2D eigenvalue weighted by Gasteiger charge is 2.41. The summed E-state index contributed by atoms with van der Waals surface area (Å²) in [4.78, 5) is 23.0. The van der Waals surface area contributed by atoms with E-state index in [0.29, 0.717) is 18.5 Å². The molecular formula is C14H17FN2O3. The first-order valence-corrected chi connectivity index (χ1v) is 6.56. The van der Waals surface area contributed by atoms with Crippen molar-refractivity contribution in [2.24, 2.45) is 5.41 Å². The van der Waals surface area contributed by atoms with E-state index in [-0.39, 0.29) is 12.4 Å². The highest BCUT2D eigenvalue weighted by atomic mass is 19.1. The van der Waals surface area contributed by atoms with E-state index < -0.39 is 17.4 Å². The highest BCUT2D eigenvalue weighted by Crippen LogP contribution is 2.37. The Balaban J connectivity index is 1.88. The molecule has 1 aliphatic rings. The zero-order valence-corrected chi connectivity index (χ0v) is 11.0. The Morgan fingerprint density at radius 1 is 1.20 bits per heavy atom. The van der Waals surface area contributed by atoms with E-state index in [1.165, 1.54) is 24.3 Å². The standard InChI is InChI=1S/C14H17FN2O3/c15-10-3-5-11(6-4-10)17-13(20)16-9-14(12(18)19)7-1-2-8-14/h3-6H,1-2,7-9H2,(H,18,19)(H2,16,17,20). The van der Waals surface area contributed by atoms with Crippen molar-refractivity contribution in [1.82, 2.24) is 5.32 Å². The van der Waals surface area contributed by atoms with Gasteiger partial charge in [-0.3, -0.25) is 4.79 Å². The normalized spacial score (nSPS) is 16.6. The second-order valence-corrected chi connectivity index (χ2v) is 5.11. The third kappa shape index (κ3) is 3.26. The molecule has 0 unspecified atom stereocenters. The van der Waals surface area contributed by atoms with Crippen LogP contribution in [0, 0.1) is 11.2 Å². The summed E-state index contributed by atoms with van der Waals surface area (Å²) in [6.45, 7) is 0.107. The number of carboxylic acids is 1. The van der Waals surface area contributed by atoms with Crippen molar-refractivity contribution >= 4 is 17.7 Å². The molecule has 0 aromatic heterocycles. The van der Waals surface area contributed by atoms with Gasteiger partial charge in [0.15, 0.2) is 0 Å². The summed E-state index contributed by atoms with van der Waals surface area (Å²) in [6.07, 6.45) is 2.90. The molecule has 0 heterocycles. The van der Waals surface area contributed by atoms with Crippen LogP contribution < -0.4 is 10.6 Å². The van der Waals surface area contributed by atoms with Crippen LogP contribution in [-0.2, 0) is 4.79 Å². The zero-order chi connectivity index (χ0) is 14.6. The van der Waals surface area contributed by atoms with Crippen LogP contribution in [0.2, 0.25) is 0 Å². The number of carbonyl (C=O) groups excluding carboxylic acids is 1. The van der Waals surface area contributed by atoms with Crippen molar-refractivity contribution < 1.29 is 19.1 Å². The molecule has 20 heavy (non-hydrogen) atoms. The smallest absolute Gasteiger partial charge is 0.319 e. The van der Waals surface area contributed by atoms with Crippen molar-refractivity contribution in [3.8, 4) is 0 Å². The molecule has 6 heteroatoms. The van der Waals surface area contributed by atoms with E-state index in [4.69, 9.17) is 0 Å². The van der Waals surface area contributed by atoms with Crippen LogP contribution >= 0.6 is 0 Å². The Labute approximate surface area is 116 Å². The quantitative estimate of drug-likeness (QED) is 0.793. The third-order valence-corrected chi connectivity index (χ3v) is 3.70. The number of hydrogen-bond donors (Lipinski definition) is 3. The number of halogens is 1. The number of carbonyl (C=O) groups is 2. The molecule has 108 valence electrons. The maximum Gasteiger partial charge on any atom is 0.319 e. The van der Waals surface area contributed by atoms with Gasteiger partial charge in [-0.2, -0.15) is 0 Å². The summed E-state index contributed by atoms with van der Waals surface area (Å²) in [5, 5.41) is 14.4. The summed E-state index contributed by atoms with van der Waals surface area (Å²) in [5.41, 5.74) is -0.389. The molecule has 0 radical (unpaired) electrons. The predicted molar refractivity (Wildman–Crippen MR) is 72.0 cm³/mol. The van der Waals surface area contributed by atoms with Gasteiger partial charge >= 0.3 is 12.0 Å². The van der Waals surface area contributed by atoms with Gasteiger partial charge in [0.2, 0.25) is 0 Å². The number of benzene rings is 1. The van der Waals surface area contributed by atoms with Gasteiger partial charge in [0.1, 0.15) is 5.82 Å². The number of anilines is 1. The van der Waals surface area contributed by atoms with Gasteiger partial charge < -0.3 is 15.7 Å². The molecule has 0 spiro atoms. The van der Waals surface area contributed by atoms with Crippen LogP contribution in [0.4, 0.5) is 14.9 Å². The van der Waals surface area contributed by atoms with E-state index in [0.717, 1.165) is 12.8 Å². The Hall–Kier alpha value is -2.11. The molecule has 5 nitrogen and oxygen atoms in total. The summed E-state index contributed by atoms with van der Waals surface area (Å²) in [7, 11) is 0. The summed E-state index contributed by atoms with van der Waals surface area (Å²) >= 11 is 0. The lowest BCUT2D eigenvalue weighted by molar-refractivity contribution is -0.148. The van der Waals surface area contributed by atoms with Gasteiger partial charge in [-0.25, -0.2) is 9.18 Å². The van der Waals surface area contributed by atoms with Gasteiger partial charge in [-0.05, 0) is 37.1 Å². The molecule has 1 aliphatic carbocycles. The average molecular weight is 280 g/mol. The lowest BCUT2D eigenvalue weighted by Gasteiger charge is -2.24. The maximum atomic E-state index is 12.7. The molecule has 0 aliphatic heterocycles. The third-order valence-electron chi connectivity index (χ3n) is 3.70. The fourth-order valence-electron chi connectivity index (χ4n) is 2.48. The predicted octanol–water partition coefficient (Wildman–Crippen LogP) is 2.59. The molecule has 2 rings (SSSR count). The molecular weight excluding hydrogens is 263 g/mol. The van der Waals surface area contributed by atoms with E-state index in [2.05, 4.69) is 10.6 Å². The largest absolute Gasteiger partial charge is 0.481 e. The Morgan fingerprint density at radius 2 is 1.80 bits per heavy atom. The Morgan fingerprint density at radius 3 is 2.35 bits per heavy atom. The summed E-state index contributed by atoms with van der Waals surface area (Å²) in [5.74, 6) is -1.25. The van der Waals surface area contributed by atoms with Gasteiger partial charge in [-0.15, -0.1) is 0 Å². The number of rotatable bonds is 4. The van der Waals surface area contributed by atoms with Crippen molar-refractivity contribution in [3.63, 3.8) is 0 Å². The number of amides is 2. The summed E-state index contributed by atoms with van der Waals surface area (Å²) in [6, 6.07) is 4.88. The van der Waals surface area contributed by atoms with Crippen molar-refractivity contribution in [3.05, 3.63) is 30.1 Å². The number of carboxylic acid groups (broad SMARTS) is 1. The topological polar surface area (TPSA) is 78.4 Å². The minimum absolute atomic E-state index is 0.107. The molecule has 2 amide bonds. The highest BCUT2D eigenvalue weighted by molar-refractivity contribution is 5.89. The maximum absolute atomic E-state index is 12.7. The van der Waals surface area contributed by atoms with Crippen molar-refractivity contribution in [1.29, 1.82) is 0 Å². The van der Waals surface area contributed by atoms with E-state index in [1.807, 2.05) is 0 Å². The van der Waals surface area contributed by atoms with Gasteiger partial charge in [0.25, 0.3) is 0 Å². The lowest BCUT2D eigenvalue weighted by atomic mass is 9.86. The fourth-order valence-corrected chi connectivity index (χ4v) is 2.48. The van der Waals surface area contributed by atoms with E-state index >= 15 is 0 Å². The Bertz CT molecular complexity index is 496. The minimum atomic E-state index is -0.864. The zero-order valence-electron chi connectivity index (χ0n) is 11.0. The average Bonchev–Trinajstić information content (AvgIpc) is 2.89. The van der Waals surface area contributed by atoms with Crippen LogP contribution in [0.3, 0.4) is 0 Å². The van der Waals surface area contributed by atoms with Gasteiger partial charge in [0.05, 0.1) is 5.41 Å². The van der Waals surface area contributed by atoms with Crippen LogP contribution in [0.5, 0.6) is 0 Å². The number of nitrogens with one attached hydrogen (secondary N) is 2. The molecule has 1 saturated carbocycles. The van der Waals surface area contributed by atoms with Crippen LogP contribution in [0.1, 0.15) is 25.7 Å². The molecule has 1 fully saturated rings. The molecule has 0 bridgehead atoms. The second-order valence-electron chi connectivity index (χ2n) is 5.11. The molecule has 1 aromatic rings. The van der Waals surface area contributed by atoms with Crippen molar-refractivity contribution in [2.45, 2.75) is 25.7 Å². The number of aliphatic carboxylic acids is 1. The van der Waals surface area contributed by atoms with E-state index in [9.17, 15) is 19.1 Å². The van der Waals surface area contributed by atoms with Crippen molar-refractivity contribution in [2.75, 3.05) is 11.9 Å². The van der Waals surface area contributed by atoms with Crippen LogP contribution in [0.25, 0.3) is 0 Å². The first-order chi connectivity index (χ1) is 9.52. The van der Waals surface area contributed by atoms with E-state index in [1.54, 1.807) is 0 Å². The molecule has 3 N–H and O–H groups in total. The SMILES string of the molecule is O=C(NCC1(C(=O)O)CCCC1)Nc1ccc(F)cc1. The first-order valence-electron chi connectivity index (χ1n) is 6.56. The number of hydrogen-bond acceptors (Lipinski definition) is 2.